The van der Waals surface area contributed by atoms with E-state index >= 15 is 0 Å². The molecule has 1 aromatic carbocycles. The summed E-state index contributed by atoms with van der Waals surface area (Å²) in [7, 11) is 0. The van der Waals surface area contributed by atoms with Crippen LogP contribution in [0.25, 0.3) is 16.0 Å². The molecule has 1 fully saturated rings. The maximum atomic E-state index is 12.1. The molecule has 1 aliphatic rings. The van der Waals surface area contributed by atoms with Crippen molar-refractivity contribution in [1.29, 1.82) is 0 Å². The van der Waals surface area contributed by atoms with Crippen LogP contribution in [0, 0.1) is 6.92 Å². The van der Waals surface area contributed by atoms with E-state index in [9.17, 15) is 4.79 Å². The van der Waals surface area contributed by atoms with Gasteiger partial charge in [0.2, 0.25) is 5.91 Å². The van der Waals surface area contributed by atoms with E-state index in [2.05, 4.69) is 10.00 Å². The smallest absolute Gasteiger partial charge is 0.222 e. The van der Waals surface area contributed by atoms with Crippen molar-refractivity contribution in [2.24, 2.45) is 0 Å². The van der Waals surface area contributed by atoms with Crippen LogP contribution < -0.4 is 4.90 Å². The number of carbonyl (C=O) groups excluding carboxylic acids is 1. The largest absolute Gasteiger partial charge is 0.344 e. The maximum Gasteiger partial charge on any atom is 0.222 e. The number of carbonyl (C=O) groups is 1. The lowest BCUT2D eigenvalue weighted by molar-refractivity contribution is -0.131. The van der Waals surface area contributed by atoms with Gasteiger partial charge in [0, 0.05) is 32.6 Å². The Hall–Kier alpha value is -2.41. The predicted molar refractivity (Wildman–Crippen MR) is 105 cm³/mol. The Morgan fingerprint density at radius 3 is 2.58 bits per heavy atom. The number of thiazole rings is 1. The Balaban J connectivity index is 1.57. The Labute approximate surface area is 157 Å². The van der Waals surface area contributed by atoms with Gasteiger partial charge in [-0.1, -0.05) is 36.5 Å². The third-order valence-electron chi connectivity index (χ3n) is 4.74. The molecule has 0 spiro atoms. The number of anilines is 1. The fourth-order valence-corrected chi connectivity index (χ4v) is 4.36. The minimum absolute atomic E-state index is 0.270. The molecule has 1 saturated heterocycles. The van der Waals surface area contributed by atoms with E-state index in [-0.39, 0.29) is 5.91 Å². The van der Waals surface area contributed by atoms with Gasteiger partial charge in [-0.2, -0.15) is 10.1 Å². The van der Waals surface area contributed by atoms with E-state index in [1.165, 1.54) is 0 Å². The lowest BCUT2D eigenvalue weighted by atomic mass is 10.2. The van der Waals surface area contributed by atoms with Gasteiger partial charge in [-0.15, -0.1) is 0 Å². The van der Waals surface area contributed by atoms with Crippen LogP contribution in [-0.4, -0.2) is 51.8 Å². The minimum Gasteiger partial charge on any atom is -0.344 e. The molecule has 3 aromatic rings. The van der Waals surface area contributed by atoms with Crippen LogP contribution in [0.4, 0.5) is 5.13 Å². The first-order chi connectivity index (χ1) is 12.7. The van der Waals surface area contributed by atoms with Gasteiger partial charge < -0.3 is 9.80 Å². The lowest BCUT2D eigenvalue weighted by Gasteiger charge is -2.34. The minimum atomic E-state index is 0.270. The zero-order valence-electron chi connectivity index (χ0n) is 15.2. The SMILES string of the molecule is CCCC(=O)N1CCN(c2nc3c(s2)c(C)nn3-c2ccccc2)CC1. The fraction of sp³-hybridized carbons (Fsp3) is 0.421. The summed E-state index contributed by atoms with van der Waals surface area (Å²) in [5.41, 5.74) is 2.94. The van der Waals surface area contributed by atoms with Gasteiger partial charge in [-0.25, -0.2) is 4.68 Å². The first-order valence-electron chi connectivity index (χ1n) is 9.11. The topological polar surface area (TPSA) is 54.3 Å². The van der Waals surface area contributed by atoms with Crippen molar-refractivity contribution < 1.29 is 4.79 Å². The molecular formula is C19H23N5OS. The second-order valence-electron chi connectivity index (χ2n) is 6.60. The van der Waals surface area contributed by atoms with E-state index < -0.39 is 0 Å². The Bertz CT molecular complexity index is 909. The average Bonchev–Trinajstić information content (AvgIpc) is 3.24. The highest BCUT2D eigenvalue weighted by Crippen LogP contribution is 2.32. The number of benzene rings is 1. The molecule has 26 heavy (non-hydrogen) atoms. The van der Waals surface area contributed by atoms with E-state index in [0.29, 0.717) is 6.42 Å². The molecule has 7 heteroatoms. The quantitative estimate of drug-likeness (QED) is 0.708. The Morgan fingerprint density at radius 1 is 1.15 bits per heavy atom. The standard InChI is InChI=1S/C19H23N5OS/c1-3-7-16(25)22-10-12-23(13-11-22)19-20-18-17(26-19)14(2)21-24(18)15-8-5-4-6-9-15/h4-6,8-9H,3,7,10-13H2,1-2H3. The summed E-state index contributed by atoms with van der Waals surface area (Å²) in [5.74, 6) is 0.270. The number of para-hydroxylation sites is 1. The summed E-state index contributed by atoms with van der Waals surface area (Å²) < 4.78 is 3.06. The lowest BCUT2D eigenvalue weighted by Crippen LogP contribution is -2.48. The normalized spacial score (nSPS) is 15.0. The number of amides is 1. The summed E-state index contributed by atoms with van der Waals surface area (Å²) in [6.45, 7) is 7.31. The number of rotatable bonds is 4. The summed E-state index contributed by atoms with van der Waals surface area (Å²) in [4.78, 5) is 21.2. The second kappa shape index (κ2) is 7.07. The Kier molecular flexibility index (Phi) is 4.63. The van der Waals surface area contributed by atoms with Crippen molar-refractivity contribution in [1.82, 2.24) is 19.7 Å². The highest BCUT2D eigenvalue weighted by molar-refractivity contribution is 7.22. The van der Waals surface area contributed by atoms with Crippen LogP contribution in [0.1, 0.15) is 25.5 Å². The van der Waals surface area contributed by atoms with Crippen LogP contribution in [0.2, 0.25) is 0 Å². The molecule has 1 amide bonds. The summed E-state index contributed by atoms with van der Waals surface area (Å²) >= 11 is 1.69. The summed E-state index contributed by atoms with van der Waals surface area (Å²) in [6, 6.07) is 10.1. The van der Waals surface area contributed by atoms with Gasteiger partial charge in [0.15, 0.2) is 10.8 Å². The van der Waals surface area contributed by atoms with Crippen molar-refractivity contribution in [2.45, 2.75) is 26.7 Å². The molecule has 136 valence electrons. The third kappa shape index (κ3) is 3.07. The van der Waals surface area contributed by atoms with E-state index in [1.54, 1.807) is 11.3 Å². The Morgan fingerprint density at radius 2 is 1.88 bits per heavy atom. The average molecular weight is 369 g/mol. The van der Waals surface area contributed by atoms with Gasteiger partial charge in [0.1, 0.15) is 0 Å². The number of nitrogens with zero attached hydrogens (tertiary/aromatic N) is 5. The molecule has 0 radical (unpaired) electrons. The highest BCUT2D eigenvalue weighted by atomic mass is 32.1. The van der Waals surface area contributed by atoms with Gasteiger partial charge in [-0.05, 0) is 25.5 Å². The highest BCUT2D eigenvalue weighted by Gasteiger charge is 2.24. The predicted octanol–water partition coefficient (Wildman–Crippen LogP) is 3.24. The van der Waals surface area contributed by atoms with Gasteiger partial charge >= 0.3 is 0 Å². The summed E-state index contributed by atoms with van der Waals surface area (Å²) in [6.07, 6.45) is 1.55. The second-order valence-corrected chi connectivity index (χ2v) is 7.58. The molecule has 4 rings (SSSR count). The molecule has 0 saturated carbocycles. The molecule has 2 aromatic heterocycles. The third-order valence-corrected chi connectivity index (χ3v) is 5.96. The number of hydrogen-bond acceptors (Lipinski definition) is 5. The van der Waals surface area contributed by atoms with Crippen LogP contribution >= 0.6 is 11.3 Å². The van der Waals surface area contributed by atoms with Crippen molar-refractivity contribution in [3.8, 4) is 5.69 Å². The first-order valence-corrected chi connectivity index (χ1v) is 9.93. The zero-order chi connectivity index (χ0) is 18.1. The molecule has 0 unspecified atom stereocenters. The van der Waals surface area contributed by atoms with Gasteiger partial charge in [0.25, 0.3) is 0 Å². The number of hydrogen-bond donors (Lipinski definition) is 0. The van der Waals surface area contributed by atoms with Crippen molar-refractivity contribution in [3.05, 3.63) is 36.0 Å². The summed E-state index contributed by atoms with van der Waals surface area (Å²) in [5, 5.41) is 5.68. The van der Waals surface area contributed by atoms with E-state index in [1.807, 2.05) is 53.8 Å². The van der Waals surface area contributed by atoms with E-state index in [4.69, 9.17) is 4.98 Å². The fourth-order valence-electron chi connectivity index (χ4n) is 3.33. The maximum absolute atomic E-state index is 12.1. The molecule has 0 bridgehead atoms. The van der Waals surface area contributed by atoms with Gasteiger partial charge in [0.05, 0.1) is 16.1 Å². The molecule has 6 nitrogen and oxygen atoms in total. The zero-order valence-corrected chi connectivity index (χ0v) is 16.0. The van der Waals surface area contributed by atoms with Crippen LogP contribution in [-0.2, 0) is 4.79 Å². The van der Waals surface area contributed by atoms with Crippen molar-refractivity contribution in [3.63, 3.8) is 0 Å². The molecule has 3 heterocycles. The number of piperazine rings is 1. The van der Waals surface area contributed by atoms with Crippen LogP contribution in [0.5, 0.6) is 0 Å². The van der Waals surface area contributed by atoms with Crippen molar-refractivity contribution in [2.75, 3.05) is 31.1 Å². The van der Waals surface area contributed by atoms with Crippen LogP contribution in [0.15, 0.2) is 30.3 Å². The van der Waals surface area contributed by atoms with E-state index in [0.717, 1.165) is 59.5 Å². The molecule has 1 aliphatic heterocycles. The molecule has 0 aliphatic carbocycles. The van der Waals surface area contributed by atoms with Crippen molar-refractivity contribution >= 4 is 32.7 Å². The first kappa shape index (κ1) is 17.0. The van der Waals surface area contributed by atoms with Gasteiger partial charge in [-0.3, -0.25) is 4.79 Å². The van der Waals surface area contributed by atoms with Crippen LogP contribution in [0.3, 0.4) is 0 Å². The molecule has 0 atom stereocenters. The monoisotopic (exact) mass is 369 g/mol. The number of aryl methyl sites for hydroxylation is 1. The molecular weight excluding hydrogens is 346 g/mol. The number of aromatic nitrogens is 3. The number of fused-ring (bicyclic) bond motifs is 1. The molecule has 0 N–H and O–H groups in total.